The minimum atomic E-state index is -1.26. The van der Waals surface area contributed by atoms with Gasteiger partial charge in [0.2, 0.25) is 0 Å². The Morgan fingerprint density at radius 2 is 1.84 bits per heavy atom. The minimum absolute atomic E-state index is 0.264. The van der Waals surface area contributed by atoms with Crippen LogP contribution in [0.1, 0.15) is 21.5 Å². The van der Waals surface area contributed by atoms with Gasteiger partial charge in [-0.15, -0.1) is 0 Å². The maximum Gasteiger partial charge on any atom is 0.352 e. The molecule has 0 aliphatic rings. The van der Waals surface area contributed by atoms with Crippen LogP contribution >= 0.6 is 38.5 Å². The van der Waals surface area contributed by atoms with E-state index in [0.717, 1.165) is 9.13 Å². The molecule has 1 amide bonds. The second-order valence-electron chi connectivity index (χ2n) is 6.64. The highest BCUT2D eigenvalue weighted by atomic mass is 127. The lowest BCUT2D eigenvalue weighted by Crippen LogP contribution is -2.27. The smallest absolute Gasteiger partial charge is 0.352 e. The van der Waals surface area contributed by atoms with Crippen LogP contribution in [0.2, 0.25) is 0 Å². The molecule has 0 saturated carbocycles. The summed E-state index contributed by atoms with van der Waals surface area (Å²) in [6.07, 6.45) is 1.36. The van der Waals surface area contributed by atoms with E-state index in [1.165, 1.54) is 13.2 Å². The Kier molecular flexibility index (Phi) is 8.29. The predicted molar refractivity (Wildman–Crippen MR) is 134 cm³/mol. The van der Waals surface area contributed by atoms with Crippen LogP contribution < -0.4 is 14.8 Å². The van der Waals surface area contributed by atoms with E-state index < -0.39 is 11.9 Å². The zero-order valence-electron chi connectivity index (χ0n) is 17.0. The molecule has 0 aliphatic carbocycles. The molecule has 164 valence electrons. The van der Waals surface area contributed by atoms with E-state index in [1.54, 1.807) is 42.5 Å². The Labute approximate surface area is 207 Å². The molecule has 32 heavy (non-hydrogen) atoms. The van der Waals surface area contributed by atoms with Gasteiger partial charge in [0.05, 0.1) is 11.6 Å². The standard InChI is InChI=1S/C24H19BrINO5/c1-31-21-13-16(11-19(25)22(21)32-14-15-6-5-9-18(26)10-15)12-20(24(29)30)27-23(28)17-7-3-2-4-8-17/h2-13H,14H2,1H3,(H,27,28)(H,29,30). The SMILES string of the molecule is COc1cc(C=C(NC(=O)c2ccccc2)C(=O)O)cc(Br)c1OCc1cccc(I)c1. The van der Waals surface area contributed by atoms with Gasteiger partial charge in [-0.2, -0.15) is 0 Å². The van der Waals surface area contributed by atoms with Crippen LogP contribution in [0.4, 0.5) is 0 Å². The number of carbonyl (C=O) groups is 2. The molecular weight excluding hydrogens is 589 g/mol. The van der Waals surface area contributed by atoms with Gasteiger partial charge in [0.25, 0.3) is 5.91 Å². The summed E-state index contributed by atoms with van der Waals surface area (Å²) in [6, 6.07) is 19.7. The third kappa shape index (κ3) is 6.33. The number of hydrogen-bond acceptors (Lipinski definition) is 4. The first-order valence-electron chi connectivity index (χ1n) is 9.43. The fourth-order valence-electron chi connectivity index (χ4n) is 2.85. The second-order valence-corrected chi connectivity index (χ2v) is 8.74. The van der Waals surface area contributed by atoms with Crippen molar-refractivity contribution >= 4 is 56.5 Å². The number of halogens is 2. The van der Waals surface area contributed by atoms with Crippen LogP contribution in [0.3, 0.4) is 0 Å². The van der Waals surface area contributed by atoms with Gasteiger partial charge in [-0.1, -0.05) is 30.3 Å². The fourth-order valence-corrected chi connectivity index (χ4v) is 4.03. The molecule has 0 fully saturated rings. The largest absolute Gasteiger partial charge is 0.493 e. The lowest BCUT2D eigenvalue weighted by atomic mass is 10.1. The van der Waals surface area contributed by atoms with Crippen molar-refractivity contribution in [3.63, 3.8) is 0 Å². The van der Waals surface area contributed by atoms with Crippen LogP contribution in [-0.2, 0) is 11.4 Å². The Morgan fingerprint density at radius 3 is 2.50 bits per heavy atom. The molecule has 0 aliphatic heterocycles. The maximum atomic E-state index is 12.4. The predicted octanol–water partition coefficient (Wildman–Crippen LogP) is 5.50. The van der Waals surface area contributed by atoms with Crippen molar-refractivity contribution in [1.82, 2.24) is 5.32 Å². The van der Waals surface area contributed by atoms with Crippen molar-refractivity contribution in [3.8, 4) is 11.5 Å². The van der Waals surface area contributed by atoms with Gasteiger partial charge in [0.1, 0.15) is 12.3 Å². The van der Waals surface area contributed by atoms with Crippen molar-refractivity contribution in [1.29, 1.82) is 0 Å². The van der Waals surface area contributed by atoms with Crippen molar-refractivity contribution in [2.45, 2.75) is 6.61 Å². The average molecular weight is 608 g/mol. The van der Waals surface area contributed by atoms with E-state index in [4.69, 9.17) is 9.47 Å². The minimum Gasteiger partial charge on any atom is -0.493 e. The van der Waals surface area contributed by atoms with Crippen molar-refractivity contribution < 1.29 is 24.2 Å². The van der Waals surface area contributed by atoms with Gasteiger partial charge in [-0.25, -0.2) is 4.79 Å². The first-order valence-corrected chi connectivity index (χ1v) is 11.3. The monoisotopic (exact) mass is 607 g/mol. The number of methoxy groups -OCH3 is 1. The number of hydrogen-bond donors (Lipinski definition) is 2. The molecule has 0 unspecified atom stereocenters. The normalized spacial score (nSPS) is 11.0. The van der Waals surface area contributed by atoms with Gasteiger partial charge >= 0.3 is 5.97 Å². The Bertz CT molecular complexity index is 1160. The van der Waals surface area contributed by atoms with E-state index in [9.17, 15) is 14.7 Å². The number of rotatable bonds is 8. The maximum absolute atomic E-state index is 12.4. The summed E-state index contributed by atoms with van der Waals surface area (Å²) in [5.74, 6) is -0.852. The van der Waals surface area contributed by atoms with Crippen LogP contribution in [0, 0.1) is 3.57 Å². The molecule has 8 heteroatoms. The van der Waals surface area contributed by atoms with Crippen molar-refractivity contribution in [2.75, 3.05) is 7.11 Å². The van der Waals surface area contributed by atoms with Crippen LogP contribution in [-0.4, -0.2) is 24.1 Å². The summed E-state index contributed by atoms with van der Waals surface area (Å²) >= 11 is 5.71. The number of amides is 1. The number of carboxylic acid groups (broad SMARTS) is 1. The molecule has 0 spiro atoms. The van der Waals surface area contributed by atoms with Gasteiger partial charge in [0, 0.05) is 9.13 Å². The molecule has 0 heterocycles. The summed E-state index contributed by atoms with van der Waals surface area (Å²) in [4.78, 5) is 24.1. The number of nitrogens with one attached hydrogen (secondary N) is 1. The summed E-state index contributed by atoms with van der Waals surface area (Å²) < 4.78 is 13.1. The van der Waals surface area contributed by atoms with E-state index >= 15 is 0 Å². The molecule has 0 radical (unpaired) electrons. The second kappa shape index (κ2) is 11.1. The molecule has 3 aromatic carbocycles. The molecular formula is C24H19BrINO5. The van der Waals surface area contributed by atoms with Gasteiger partial charge in [0.15, 0.2) is 11.5 Å². The summed E-state index contributed by atoms with van der Waals surface area (Å²) in [5.41, 5.74) is 1.62. The van der Waals surface area contributed by atoms with E-state index in [1.807, 2.05) is 24.3 Å². The van der Waals surface area contributed by atoms with E-state index in [2.05, 4.69) is 43.8 Å². The highest BCUT2D eigenvalue weighted by molar-refractivity contribution is 14.1. The lowest BCUT2D eigenvalue weighted by molar-refractivity contribution is -0.132. The van der Waals surface area contributed by atoms with Gasteiger partial charge < -0.3 is 19.9 Å². The highest BCUT2D eigenvalue weighted by Gasteiger charge is 2.16. The fraction of sp³-hybridized carbons (Fsp3) is 0.0833. The van der Waals surface area contributed by atoms with Crippen LogP contribution in [0.15, 0.2) is 76.9 Å². The number of benzene rings is 3. The van der Waals surface area contributed by atoms with Gasteiger partial charge in [-0.3, -0.25) is 4.79 Å². The third-order valence-corrected chi connectivity index (χ3v) is 5.61. The van der Waals surface area contributed by atoms with Crippen LogP contribution in [0.5, 0.6) is 11.5 Å². The molecule has 0 saturated heterocycles. The van der Waals surface area contributed by atoms with E-state index in [0.29, 0.717) is 33.7 Å². The Balaban J connectivity index is 1.84. The first kappa shape index (κ1) is 23.8. The Hall–Kier alpha value is -2.85. The highest BCUT2D eigenvalue weighted by Crippen LogP contribution is 2.37. The summed E-state index contributed by atoms with van der Waals surface area (Å²) in [7, 11) is 1.50. The number of carbonyl (C=O) groups excluding carboxylic acids is 1. The third-order valence-electron chi connectivity index (χ3n) is 4.35. The van der Waals surface area contributed by atoms with Crippen molar-refractivity contribution in [3.05, 3.63) is 97.2 Å². The lowest BCUT2D eigenvalue weighted by Gasteiger charge is -2.14. The number of carboxylic acids is 1. The molecule has 0 aromatic heterocycles. The molecule has 3 rings (SSSR count). The topological polar surface area (TPSA) is 84.9 Å². The summed E-state index contributed by atoms with van der Waals surface area (Å²) in [5, 5.41) is 12.0. The first-order chi connectivity index (χ1) is 15.4. The van der Waals surface area contributed by atoms with Crippen LogP contribution in [0.25, 0.3) is 6.08 Å². The van der Waals surface area contributed by atoms with Crippen molar-refractivity contribution in [2.24, 2.45) is 0 Å². The van der Waals surface area contributed by atoms with E-state index in [-0.39, 0.29) is 5.70 Å². The molecule has 0 bridgehead atoms. The van der Waals surface area contributed by atoms with Gasteiger partial charge in [-0.05, 0) is 92.1 Å². The quantitative estimate of drug-likeness (QED) is 0.261. The molecule has 3 aromatic rings. The number of aliphatic carboxylic acids is 1. The summed E-state index contributed by atoms with van der Waals surface area (Å²) in [6.45, 7) is 0.342. The number of ether oxygens (including phenoxy) is 2. The molecule has 2 N–H and O–H groups in total. The average Bonchev–Trinajstić information content (AvgIpc) is 2.78. The molecule has 6 nitrogen and oxygen atoms in total. The molecule has 0 atom stereocenters. The zero-order chi connectivity index (χ0) is 23.1. The zero-order valence-corrected chi connectivity index (χ0v) is 20.7. The Morgan fingerprint density at radius 1 is 1.09 bits per heavy atom.